The molecule has 1 aromatic carbocycles. The van der Waals surface area contributed by atoms with E-state index in [2.05, 4.69) is 11.1 Å². The fraction of sp³-hybridized carbons (Fsp3) is 0.375. The summed E-state index contributed by atoms with van der Waals surface area (Å²) in [7, 11) is -1.01. The van der Waals surface area contributed by atoms with Gasteiger partial charge in [0, 0.05) is 39.8 Å². The molecule has 110 valence electrons. The number of rotatable bonds is 2. The van der Waals surface area contributed by atoms with Gasteiger partial charge in [-0.2, -0.15) is 0 Å². The lowest BCUT2D eigenvalue weighted by molar-refractivity contribution is -0.124. The minimum atomic E-state index is -1.01. The van der Waals surface area contributed by atoms with E-state index in [0.29, 0.717) is 0 Å². The second-order valence-corrected chi connectivity index (χ2v) is 7.35. The summed E-state index contributed by atoms with van der Waals surface area (Å²) in [6.07, 6.45) is 7.17. The predicted molar refractivity (Wildman–Crippen MR) is 85.0 cm³/mol. The Balaban J connectivity index is 2.01. The number of anilines is 1. The van der Waals surface area contributed by atoms with Gasteiger partial charge in [-0.25, -0.2) is 0 Å². The third kappa shape index (κ3) is 2.16. The number of hydrogen-bond donors (Lipinski definition) is 0. The molecule has 0 aromatic heterocycles. The Kier molecular flexibility index (Phi) is 3.32. The van der Waals surface area contributed by atoms with Gasteiger partial charge < -0.3 is 0 Å². The maximum atomic E-state index is 12.8. The van der Waals surface area contributed by atoms with E-state index >= 15 is 0 Å². The Morgan fingerprint density at radius 1 is 1.24 bits per heavy atom. The Morgan fingerprint density at radius 3 is 2.52 bits per heavy atom. The molecule has 5 heteroatoms. The zero-order valence-electron chi connectivity index (χ0n) is 12.3. The SMILES string of the molecule is CS(=O)c1ccc(N2C(=O)C(C)(C)C3C=CC=NC32)cc1. The lowest BCUT2D eigenvalue weighted by atomic mass is 9.79. The normalized spacial score (nSPS) is 27.8. The summed E-state index contributed by atoms with van der Waals surface area (Å²) in [6, 6.07) is 7.31. The highest BCUT2D eigenvalue weighted by atomic mass is 32.2. The smallest absolute Gasteiger partial charge is 0.235 e. The molecule has 2 aliphatic rings. The number of amides is 1. The van der Waals surface area contributed by atoms with Crippen molar-refractivity contribution in [1.82, 2.24) is 0 Å². The van der Waals surface area contributed by atoms with Crippen LogP contribution in [0.5, 0.6) is 0 Å². The van der Waals surface area contributed by atoms with Gasteiger partial charge in [0.15, 0.2) is 0 Å². The largest absolute Gasteiger partial charge is 0.289 e. The monoisotopic (exact) mass is 302 g/mol. The lowest BCUT2D eigenvalue weighted by Gasteiger charge is -2.25. The minimum absolute atomic E-state index is 0.0755. The molecule has 4 nitrogen and oxygen atoms in total. The van der Waals surface area contributed by atoms with E-state index in [0.717, 1.165) is 10.6 Å². The summed E-state index contributed by atoms with van der Waals surface area (Å²) in [5, 5.41) is 0. The summed E-state index contributed by atoms with van der Waals surface area (Å²) in [4.78, 5) is 19.8. The maximum Gasteiger partial charge on any atom is 0.235 e. The van der Waals surface area contributed by atoms with Gasteiger partial charge in [-0.15, -0.1) is 0 Å². The molecular weight excluding hydrogens is 284 g/mol. The van der Waals surface area contributed by atoms with Crippen LogP contribution in [0, 0.1) is 11.3 Å². The number of hydrogen-bond acceptors (Lipinski definition) is 3. The zero-order chi connectivity index (χ0) is 15.2. The van der Waals surface area contributed by atoms with Gasteiger partial charge in [0.2, 0.25) is 5.91 Å². The molecule has 3 rings (SSSR count). The highest BCUT2D eigenvalue weighted by Crippen LogP contribution is 2.45. The molecule has 3 atom stereocenters. The van der Waals surface area contributed by atoms with Crippen molar-refractivity contribution in [3.8, 4) is 0 Å². The van der Waals surface area contributed by atoms with Crippen molar-refractivity contribution in [2.75, 3.05) is 11.2 Å². The molecule has 2 heterocycles. The number of dihydropyridines is 1. The topological polar surface area (TPSA) is 49.7 Å². The third-order valence-electron chi connectivity index (χ3n) is 4.28. The summed E-state index contributed by atoms with van der Waals surface area (Å²) < 4.78 is 11.5. The van der Waals surface area contributed by atoms with Crippen molar-refractivity contribution in [1.29, 1.82) is 0 Å². The van der Waals surface area contributed by atoms with Crippen molar-refractivity contribution in [3.63, 3.8) is 0 Å². The summed E-state index contributed by atoms with van der Waals surface area (Å²) >= 11 is 0. The highest BCUT2D eigenvalue weighted by Gasteiger charge is 2.53. The lowest BCUT2D eigenvalue weighted by Crippen LogP contribution is -2.35. The Bertz CT molecular complexity index is 661. The summed E-state index contributed by atoms with van der Waals surface area (Å²) in [5.41, 5.74) is 0.341. The zero-order valence-corrected chi connectivity index (χ0v) is 13.1. The van der Waals surface area contributed by atoms with E-state index < -0.39 is 16.2 Å². The van der Waals surface area contributed by atoms with Crippen molar-refractivity contribution in [2.45, 2.75) is 24.9 Å². The first-order valence-corrected chi connectivity index (χ1v) is 8.46. The van der Waals surface area contributed by atoms with Gasteiger partial charge in [-0.1, -0.05) is 19.9 Å². The van der Waals surface area contributed by atoms with Gasteiger partial charge in [0.05, 0.1) is 5.41 Å². The molecule has 0 spiro atoms. The van der Waals surface area contributed by atoms with E-state index in [1.54, 1.807) is 29.5 Å². The fourth-order valence-corrected chi connectivity index (χ4v) is 3.50. The van der Waals surface area contributed by atoms with Gasteiger partial charge in [-0.05, 0) is 30.3 Å². The predicted octanol–water partition coefficient (Wildman–Crippen LogP) is 2.38. The molecule has 0 saturated carbocycles. The average Bonchev–Trinajstić information content (AvgIpc) is 2.67. The molecule has 1 aromatic rings. The van der Waals surface area contributed by atoms with E-state index in [1.807, 2.05) is 32.1 Å². The van der Waals surface area contributed by atoms with Crippen LogP contribution in [0.1, 0.15) is 13.8 Å². The third-order valence-corrected chi connectivity index (χ3v) is 5.22. The molecule has 0 N–H and O–H groups in total. The van der Waals surface area contributed by atoms with Crippen molar-refractivity contribution >= 4 is 28.6 Å². The molecule has 3 unspecified atom stereocenters. The molecule has 1 amide bonds. The minimum Gasteiger partial charge on any atom is -0.289 e. The van der Waals surface area contributed by atoms with E-state index in [4.69, 9.17) is 0 Å². The first-order chi connectivity index (χ1) is 9.93. The van der Waals surface area contributed by atoms with Crippen LogP contribution in [0.25, 0.3) is 0 Å². The number of carbonyl (C=O) groups excluding carboxylic acids is 1. The summed E-state index contributed by atoms with van der Waals surface area (Å²) in [5.74, 6) is 0.154. The standard InChI is InChI=1S/C16H18N2O2S/c1-16(2)13-5-4-10-17-14(13)18(15(16)19)11-6-8-12(9-7-11)21(3)20/h4-10,13-14H,1-3H3. The molecule has 1 fully saturated rings. The molecule has 1 saturated heterocycles. The molecule has 0 radical (unpaired) electrons. The number of fused-ring (bicyclic) bond motifs is 1. The molecule has 2 aliphatic heterocycles. The van der Waals surface area contributed by atoms with Crippen LogP contribution >= 0.6 is 0 Å². The first-order valence-electron chi connectivity index (χ1n) is 6.90. The van der Waals surface area contributed by atoms with E-state index in [-0.39, 0.29) is 18.0 Å². The van der Waals surface area contributed by atoms with Crippen molar-refractivity contribution < 1.29 is 9.00 Å². The second-order valence-electron chi connectivity index (χ2n) is 5.97. The second kappa shape index (κ2) is 4.91. The van der Waals surface area contributed by atoms with Crippen LogP contribution in [0.2, 0.25) is 0 Å². The highest BCUT2D eigenvalue weighted by molar-refractivity contribution is 7.84. The fourth-order valence-electron chi connectivity index (χ4n) is 2.98. The molecule has 21 heavy (non-hydrogen) atoms. The maximum absolute atomic E-state index is 12.8. The van der Waals surface area contributed by atoms with Crippen LogP contribution in [0.4, 0.5) is 5.69 Å². The van der Waals surface area contributed by atoms with Gasteiger partial charge in [0.25, 0.3) is 0 Å². The summed E-state index contributed by atoms with van der Waals surface area (Å²) in [6.45, 7) is 3.93. The number of nitrogens with zero attached hydrogens (tertiary/aromatic N) is 2. The van der Waals surface area contributed by atoms with Gasteiger partial charge in [0.1, 0.15) is 6.17 Å². The Hall–Kier alpha value is -1.75. The van der Waals surface area contributed by atoms with Crippen molar-refractivity contribution in [2.24, 2.45) is 16.3 Å². The van der Waals surface area contributed by atoms with Crippen LogP contribution in [0.3, 0.4) is 0 Å². The first kappa shape index (κ1) is 14.2. The molecule has 0 bridgehead atoms. The van der Waals surface area contributed by atoms with Crippen molar-refractivity contribution in [3.05, 3.63) is 36.4 Å². The van der Waals surface area contributed by atoms with Crippen LogP contribution in [0.15, 0.2) is 46.3 Å². The van der Waals surface area contributed by atoms with Crippen LogP contribution in [-0.2, 0) is 15.6 Å². The van der Waals surface area contributed by atoms with Gasteiger partial charge in [-0.3, -0.25) is 18.9 Å². The number of benzene rings is 1. The quantitative estimate of drug-likeness (QED) is 0.842. The molecular formula is C16H18N2O2S. The van der Waals surface area contributed by atoms with E-state index in [9.17, 15) is 9.00 Å². The number of carbonyl (C=O) groups is 1. The number of aliphatic imine (C=N–C) groups is 1. The van der Waals surface area contributed by atoms with Crippen LogP contribution < -0.4 is 4.90 Å². The Morgan fingerprint density at radius 2 is 1.90 bits per heavy atom. The van der Waals surface area contributed by atoms with Gasteiger partial charge >= 0.3 is 0 Å². The average molecular weight is 302 g/mol. The Labute approximate surface area is 127 Å². The molecule has 0 aliphatic carbocycles. The van der Waals surface area contributed by atoms with Crippen LogP contribution in [-0.4, -0.2) is 28.8 Å². The van der Waals surface area contributed by atoms with E-state index in [1.165, 1.54) is 0 Å². The number of allylic oxidation sites excluding steroid dienone is 1.